The number of hydrogen-bond acceptors (Lipinski definition) is 2. The van der Waals surface area contributed by atoms with E-state index >= 15 is 0 Å². The minimum Gasteiger partial charge on any atom is -0.307 e. The van der Waals surface area contributed by atoms with Gasteiger partial charge in [-0.1, -0.05) is 15.9 Å². The fourth-order valence-electron chi connectivity index (χ4n) is 1.66. The van der Waals surface area contributed by atoms with Crippen LogP contribution in [0.1, 0.15) is 11.1 Å². The van der Waals surface area contributed by atoms with E-state index in [4.69, 9.17) is 0 Å². The van der Waals surface area contributed by atoms with Crippen molar-refractivity contribution in [3.05, 3.63) is 46.5 Å². The molecule has 0 fully saturated rings. The zero-order chi connectivity index (χ0) is 12.4. The number of aryl methyl sites for hydroxylation is 2. The maximum atomic E-state index is 11.9. The maximum Gasteiger partial charge on any atom is 0.331 e. The molecule has 0 bridgehead atoms. The number of rotatable bonds is 1. The smallest absolute Gasteiger partial charge is 0.307 e. The molecule has 4 nitrogen and oxygen atoms in total. The lowest BCUT2D eigenvalue weighted by Crippen LogP contribution is -2.19. The van der Waals surface area contributed by atoms with Crippen LogP contribution in [0.4, 0.5) is 10.5 Å². The Kier molecular flexibility index (Phi) is 3.28. The van der Waals surface area contributed by atoms with Gasteiger partial charge in [0.25, 0.3) is 0 Å². The first kappa shape index (κ1) is 11.9. The molecule has 0 spiro atoms. The van der Waals surface area contributed by atoms with Gasteiger partial charge >= 0.3 is 6.03 Å². The third-order valence-corrected chi connectivity index (χ3v) is 2.93. The molecule has 17 heavy (non-hydrogen) atoms. The van der Waals surface area contributed by atoms with Crippen molar-refractivity contribution in [3.8, 4) is 0 Å². The minimum absolute atomic E-state index is 0.212. The molecule has 1 aromatic heterocycles. The molecule has 88 valence electrons. The largest absolute Gasteiger partial charge is 0.331 e. The summed E-state index contributed by atoms with van der Waals surface area (Å²) in [4.78, 5) is 15.7. The molecule has 0 unspecified atom stereocenters. The first-order valence-corrected chi connectivity index (χ1v) is 5.93. The van der Waals surface area contributed by atoms with Gasteiger partial charge in [-0.15, -0.1) is 0 Å². The van der Waals surface area contributed by atoms with Crippen molar-refractivity contribution < 1.29 is 4.79 Å². The average molecular weight is 294 g/mol. The van der Waals surface area contributed by atoms with Gasteiger partial charge < -0.3 is 5.32 Å². The topological polar surface area (TPSA) is 46.9 Å². The third-order valence-electron chi connectivity index (χ3n) is 2.47. The highest BCUT2D eigenvalue weighted by molar-refractivity contribution is 9.10. The zero-order valence-electron chi connectivity index (χ0n) is 9.57. The van der Waals surface area contributed by atoms with Gasteiger partial charge in [0, 0.05) is 22.6 Å². The van der Waals surface area contributed by atoms with Crippen molar-refractivity contribution >= 4 is 27.6 Å². The molecule has 0 saturated carbocycles. The molecule has 0 saturated heterocycles. The van der Waals surface area contributed by atoms with Gasteiger partial charge in [0.1, 0.15) is 6.33 Å². The molecule has 1 aromatic carbocycles. The Morgan fingerprint density at radius 2 is 2.00 bits per heavy atom. The number of nitrogens with one attached hydrogen (secondary N) is 1. The lowest BCUT2D eigenvalue weighted by atomic mass is 10.1. The highest BCUT2D eigenvalue weighted by atomic mass is 79.9. The molecule has 0 aliphatic heterocycles. The van der Waals surface area contributed by atoms with E-state index in [1.54, 1.807) is 12.4 Å². The van der Waals surface area contributed by atoms with Crippen molar-refractivity contribution in [1.29, 1.82) is 0 Å². The number of nitrogens with zero attached hydrogens (tertiary/aromatic N) is 2. The van der Waals surface area contributed by atoms with Crippen molar-refractivity contribution in [2.75, 3.05) is 5.32 Å². The van der Waals surface area contributed by atoms with E-state index in [0.29, 0.717) is 0 Å². The van der Waals surface area contributed by atoms with Gasteiger partial charge in [0.2, 0.25) is 0 Å². The molecule has 0 atom stereocenters. The molecule has 1 N–H and O–H groups in total. The van der Waals surface area contributed by atoms with E-state index in [2.05, 4.69) is 26.2 Å². The zero-order valence-corrected chi connectivity index (χ0v) is 11.2. The summed E-state index contributed by atoms with van der Waals surface area (Å²) in [5.74, 6) is 0. The Morgan fingerprint density at radius 1 is 1.35 bits per heavy atom. The van der Waals surface area contributed by atoms with Crippen LogP contribution in [0.5, 0.6) is 0 Å². The minimum atomic E-state index is -0.212. The summed E-state index contributed by atoms with van der Waals surface area (Å²) < 4.78 is 2.41. The third kappa shape index (κ3) is 2.55. The summed E-state index contributed by atoms with van der Waals surface area (Å²) in [6, 6.07) is 3.73. The molecule has 0 aliphatic rings. The van der Waals surface area contributed by atoms with E-state index in [1.165, 1.54) is 10.9 Å². The summed E-state index contributed by atoms with van der Waals surface area (Å²) in [6.45, 7) is 3.92. The highest BCUT2D eigenvalue weighted by Gasteiger charge is 2.09. The predicted molar refractivity (Wildman–Crippen MR) is 70.3 cm³/mol. The standard InChI is InChI=1S/C12H12BrN3O/c1-8-5-10(13)6-9(2)11(8)15-12(17)16-4-3-14-7-16/h3-7H,1-2H3,(H,15,17). The van der Waals surface area contributed by atoms with Gasteiger partial charge in [0.05, 0.1) is 0 Å². The van der Waals surface area contributed by atoms with Gasteiger partial charge in [0.15, 0.2) is 0 Å². The SMILES string of the molecule is Cc1cc(Br)cc(C)c1NC(=O)n1ccnc1. The predicted octanol–water partition coefficient (Wildman–Crippen LogP) is 3.34. The van der Waals surface area contributed by atoms with Crippen molar-refractivity contribution in [1.82, 2.24) is 9.55 Å². The fourth-order valence-corrected chi connectivity index (χ4v) is 2.35. The number of carbonyl (C=O) groups is 1. The lowest BCUT2D eigenvalue weighted by Gasteiger charge is -2.12. The fraction of sp³-hybridized carbons (Fsp3) is 0.167. The van der Waals surface area contributed by atoms with E-state index in [0.717, 1.165) is 21.3 Å². The molecular formula is C12H12BrN3O. The number of amides is 1. The molecule has 2 rings (SSSR count). The van der Waals surface area contributed by atoms with Gasteiger partial charge in [-0.05, 0) is 37.1 Å². The van der Waals surface area contributed by atoms with E-state index in [-0.39, 0.29) is 6.03 Å². The van der Waals surface area contributed by atoms with Crippen LogP contribution in [-0.2, 0) is 0 Å². The molecule has 5 heteroatoms. The Balaban J connectivity index is 2.28. The monoisotopic (exact) mass is 293 g/mol. The Labute approximate surface area is 108 Å². The summed E-state index contributed by atoms with van der Waals surface area (Å²) >= 11 is 3.42. The van der Waals surface area contributed by atoms with E-state index < -0.39 is 0 Å². The number of hydrogen-bond donors (Lipinski definition) is 1. The lowest BCUT2D eigenvalue weighted by molar-refractivity contribution is 0.253. The van der Waals surface area contributed by atoms with Gasteiger partial charge in [-0.25, -0.2) is 9.78 Å². The highest BCUT2D eigenvalue weighted by Crippen LogP contribution is 2.25. The molecule has 0 radical (unpaired) electrons. The van der Waals surface area contributed by atoms with Crippen molar-refractivity contribution in [3.63, 3.8) is 0 Å². The van der Waals surface area contributed by atoms with Gasteiger partial charge in [-0.3, -0.25) is 4.57 Å². The number of halogens is 1. The van der Waals surface area contributed by atoms with Gasteiger partial charge in [-0.2, -0.15) is 0 Å². The number of benzene rings is 1. The molecule has 2 aromatic rings. The summed E-state index contributed by atoms with van der Waals surface area (Å²) in [5.41, 5.74) is 2.88. The summed E-state index contributed by atoms with van der Waals surface area (Å²) in [6.07, 6.45) is 4.65. The van der Waals surface area contributed by atoms with Crippen LogP contribution in [0.25, 0.3) is 0 Å². The summed E-state index contributed by atoms with van der Waals surface area (Å²) in [7, 11) is 0. The average Bonchev–Trinajstić information content (AvgIpc) is 2.76. The number of anilines is 1. The van der Waals surface area contributed by atoms with Crippen molar-refractivity contribution in [2.45, 2.75) is 13.8 Å². The molecular weight excluding hydrogens is 282 g/mol. The first-order chi connectivity index (χ1) is 8.08. The van der Waals surface area contributed by atoms with Crippen LogP contribution in [0.2, 0.25) is 0 Å². The number of imidazole rings is 1. The second kappa shape index (κ2) is 4.71. The second-order valence-electron chi connectivity index (χ2n) is 3.81. The van der Waals surface area contributed by atoms with Crippen LogP contribution in [0.15, 0.2) is 35.3 Å². The normalized spacial score (nSPS) is 10.3. The quantitative estimate of drug-likeness (QED) is 0.876. The maximum absolute atomic E-state index is 11.9. The molecule has 1 amide bonds. The Bertz CT molecular complexity index is 526. The van der Waals surface area contributed by atoms with Crippen LogP contribution >= 0.6 is 15.9 Å². The van der Waals surface area contributed by atoms with Crippen molar-refractivity contribution in [2.24, 2.45) is 0 Å². The van der Waals surface area contributed by atoms with Crippen LogP contribution in [-0.4, -0.2) is 15.6 Å². The Hall–Kier alpha value is -1.62. The van der Waals surface area contributed by atoms with E-state index in [1.807, 2.05) is 26.0 Å². The second-order valence-corrected chi connectivity index (χ2v) is 4.73. The van der Waals surface area contributed by atoms with Crippen LogP contribution < -0.4 is 5.32 Å². The van der Waals surface area contributed by atoms with Crippen LogP contribution in [0.3, 0.4) is 0 Å². The first-order valence-electron chi connectivity index (χ1n) is 5.14. The van der Waals surface area contributed by atoms with E-state index in [9.17, 15) is 4.79 Å². The molecule has 1 heterocycles. The Morgan fingerprint density at radius 3 is 2.53 bits per heavy atom. The summed E-state index contributed by atoms with van der Waals surface area (Å²) in [5, 5.41) is 2.87. The van der Waals surface area contributed by atoms with Crippen LogP contribution in [0, 0.1) is 13.8 Å². The molecule has 0 aliphatic carbocycles. The number of carbonyl (C=O) groups excluding carboxylic acids is 1. The number of aromatic nitrogens is 2.